The quantitative estimate of drug-likeness (QED) is 0.401. The summed E-state index contributed by atoms with van der Waals surface area (Å²) in [6.45, 7) is 31.2. The minimum Gasteiger partial charge on any atom is -0.144 e. The van der Waals surface area contributed by atoms with Crippen LogP contribution in [0.25, 0.3) is 0 Å². The van der Waals surface area contributed by atoms with Gasteiger partial charge in [-0.1, -0.05) is 121 Å². The molecule has 2 rings (SSSR count). The SMILES string of the molecule is CC.CC(C)(C)c1ccc(C(C)(C)C)s1.CC(C)(C)c1cccc(C(C)(C)C)c1. The fraction of sp³-hybridized carbons (Fsp3) is 0.643. The van der Waals surface area contributed by atoms with Gasteiger partial charge in [-0.15, -0.1) is 11.3 Å². The molecule has 0 aliphatic heterocycles. The number of rotatable bonds is 0. The molecule has 1 aromatic heterocycles. The van der Waals surface area contributed by atoms with E-state index in [1.165, 1.54) is 20.9 Å². The molecule has 0 saturated carbocycles. The van der Waals surface area contributed by atoms with Crippen molar-refractivity contribution in [3.8, 4) is 0 Å². The molecule has 0 spiro atoms. The highest BCUT2D eigenvalue weighted by Gasteiger charge is 2.21. The summed E-state index contributed by atoms with van der Waals surface area (Å²) in [4.78, 5) is 2.97. The Morgan fingerprint density at radius 2 is 0.793 bits per heavy atom. The van der Waals surface area contributed by atoms with Gasteiger partial charge in [-0.2, -0.15) is 0 Å². The zero-order chi connectivity index (χ0) is 23.3. The van der Waals surface area contributed by atoms with Crippen LogP contribution < -0.4 is 0 Å². The lowest BCUT2D eigenvalue weighted by Crippen LogP contribution is -2.15. The molecule has 0 N–H and O–H groups in total. The summed E-state index contributed by atoms with van der Waals surface area (Å²) in [6.07, 6.45) is 0. The number of hydrogen-bond acceptors (Lipinski definition) is 1. The van der Waals surface area contributed by atoms with Crippen molar-refractivity contribution >= 4 is 11.3 Å². The lowest BCUT2D eigenvalue weighted by atomic mass is 9.81. The summed E-state index contributed by atoms with van der Waals surface area (Å²) >= 11 is 1.95. The van der Waals surface area contributed by atoms with Gasteiger partial charge in [-0.3, -0.25) is 0 Å². The molecule has 1 heterocycles. The Labute approximate surface area is 187 Å². The summed E-state index contributed by atoms with van der Waals surface area (Å²) in [5.74, 6) is 0. The van der Waals surface area contributed by atoms with E-state index >= 15 is 0 Å². The Bertz CT molecular complexity index is 661. The van der Waals surface area contributed by atoms with E-state index in [-0.39, 0.29) is 10.8 Å². The molecule has 0 amide bonds. The van der Waals surface area contributed by atoms with Gasteiger partial charge >= 0.3 is 0 Å². The van der Waals surface area contributed by atoms with Crippen molar-refractivity contribution in [3.05, 3.63) is 57.3 Å². The van der Waals surface area contributed by atoms with E-state index in [2.05, 4.69) is 119 Å². The molecule has 0 atom stereocenters. The first-order valence-electron chi connectivity index (χ1n) is 11.1. The van der Waals surface area contributed by atoms with Crippen LogP contribution in [0.4, 0.5) is 0 Å². The van der Waals surface area contributed by atoms with Crippen LogP contribution in [0.15, 0.2) is 36.4 Å². The van der Waals surface area contributed by atoms with Crippen LogP contribution in [-0.2, 0) is 21.7 Å². The molecule has 0 bridgehead atoms. The average molecular weight is 417 g/mol. The van der Waals surface area contributed by atoms with Gasteiger partial charge < -0.3 is 0 Å². The molecule has 0 fully saturated rings. The summed E-state index contributed by atoms with van der Waals surface area (Å²) in [5, 5.41) is 0. The van der Waals surface area contributed by atoms with E-state index in [4.69, 9.17) is 0 Å². The van der Waals surface area contributed by atoms with Gasteiger partial charge in [0, 0.05) is 9.75 Å². The van der Waals surface area contributed by atoms with E-state index in [0.717, 1.165) is 0 Å². The molecule has 166 valence electrons. The molecule has 29 heavy (non-hydrogen) atoms. The van der Waals surface area contributed by atoms with Crippen LogP contribution in [0.3, 0.4) is 0 Å². The number of benzene rings is 1. The first-order valence-corrected chi connectivity index (χ1v) is 12.0. The molecule has 1 heteroatoms. The van der Waals surface area contributed by atoms with Crippen molar-refractivity contribution in [2.45, 2.75) is 119 Å². The van der Waals surface area contributed by atoms with Gasteiger partial charge in [0.15, 0.2) is 0 Å². The topological polar surface area (TPSA) is 0 Å². The van der Waals surface area contributed by atoms with Crippen LogP contribution in [-0.4, -0.2) is 0 Å². The second-order valence-corrected chi connectivity index (χ2v) is 12.8. The maximum atomic E-state index is 2.33. The smallest absolute Gasteiger partial charge is 0.0102 e. The monoisotopic (exact) mass is 416 g/mol. The van der Waals surface area contributed by atoms with Crippen molar-refractivity contribution in [2.24, 2.45) is 0 Å². The first-order chi connectivity index (χ1) is 12.9. The van der Waals surface area contributed by atoms with Gasteiger partial charge in [-0.25, -0.2) is 0 Å². The van der Waals surface area contributed by atoms with E-state index in [1.54, 1.807) is 0 Å². The Morgan fingerprint density at radius 1 is 0.483 bits per heavy atom. The predicted octanol–water partition coefficient (Wildman–Crippen LogP) is 9.65. The van der Waals surface area contributed by atoms with Crippen LogP contribution in [0.2, 0.25) is 0 Å². The van der Waals surface area contributed by atoms with E-state index in [0.29, 0.717) is 10.8 Å². The van der Waals surface area contributed by atoms with Gasteiger partial charge in [0.2, 0.25) is 0 Å². The lowest BCUT2D eigenvalue weighted by molar-refractivity contribution is 0.568. The number of hydrogen-bond donors (Lipinski definition) is 0. The molecular formula is C28H48S. The molecule has 2 aromatic rings. The fourth-order valence-electron chi connectivity index (χ4n) is 2.60. The molecular weight excluding hydrogens is 368 g/mol. The van der Waals surface area contributed by atoms with Gasteiger partial charge in [0.25, 0.3) is 0 Å². The third-order valence-electron chi connectivity index (χ3n) is 4.68. The molecule has 0 aliphatic carbocycles. The molecule has 0 aliphatic rings. The zero-order valence-electron chi connectivity index (χ0n) is 21.9. The highest BCUT2D eigenvalue weighted by Crippen LogP contribution is 2.35. The summed E-state index contributed by atoms with van der Waals surface area (Å²) < 4.78 is 0. The normalized spacial score (nSPS) is 12.5. The molecule has 0 unspecified atom stereocenters. The van der Waals surface area contributed by atoms with Crippen molar-refractivity contribution in [3.63, 3.8) is 0 Å². The van der Waals surface area contributed by atoms with Crippen molar-refractivity contribution in [1.29, 1.82) is 0 Å². The molecule has 0 radical (unpaired) electrons. The fourth-order valence-corrected chi connectivity index (χ4v) is 3.72. The highest BCUT2D eigenvalue weighted by molar-refractivity contribution is 7.12. The van der Waals surface area contributed by atoms with Crippen molar-refractivity contribution < 1.29 is 0 Å². The van der Waals surface area contributed by atoms with E-state index in [1.807, 2.05) is 25.2 Å². The maximum Gasteiger partial charge on any atom is 0.0102 e. The van der Waals surface area contributed by atoms with Crippen molar-refractivity contribution in [1.82, 2.24) is 0 Å². The maximum absolute atomic E-state index is 2.33. The molecule has 0 saturated heterocycles. The predicted molar refractivity (Wildman–Crippen MR) is 137 cm³/mol. The minimum absolute atomic E-state index is 0.251. The Morgan fingerprint density at radius 3 is 1.00 bits per heavy atom. The minimum atomic E-state index is 0.251. The molecule has 1 aromatic carbocycles. The van der Waals surface area contributed by atoms with Crippen molar-refractivity contribution in [2.75, 3.05) is 0 Å². The van der Waals surface area contributed by atoms with Crippen LogP contribution in [0.5, 0.6) is 0 Å². The third-order valence-corrected chi connectivity index (χ3v) is 6.62. The van der Waals surface area contributed by atoms with Crippen LogP contribution in [0.1, 0.15) is 118 Å². The van der Waals surface area contributed by atoms with Crippen LogP contribution in [0, 0.1) is 0 Å². The Balaban J connectivity index is 0.000000499. The first kappa shape index (κ1) is 27.9. The molecule has 0 nitrogen and oxygen atoms in total. The second kappa shape index (κ2) is 10.3. The highest BCUT2D eigenvalue weighted by atomic mass is 32.1. The zero-order valence-corrected chi connectivity index (χ0v) is 22.7. The third kappa shape index (κ3) is 9.51. The van der Waals surface area contributed by atoms with Crippen LogP contribution >= 0.6 is 11.3 Å². The van der Waals surface area contributed by atoms with Gasteiger partial charge in [0.1, 0.15) is 0 Å². The average Bonchev–Trinajstić information content (AvgIpc) is 3.06. The standard InChI is InChI=1S/C14H22.C12H20S.C2H6/c1-13(2,3)11-8-7-9-12(10-11)14(4,5)6;1-11(2,3)9-7-8-10(13-9)12(4,5)6;1-2/h7-10H,1-6H3;7-8H,1-6H3;1-2H3. The van der Waals surface area contributed by atoms with Gasteiger partial charge in [0.05, 0.1) is 0 Å². The van der Waals surface area contributed by atoms with E-state index < -0.39 is 0 Å². The lowest BCUT2D eigenvalue weighted by Gasteiger charge is -2.24. The summed E-state index contributed by atoms with van der Waals surface area (Å²) in [6, 6.07) is 13.5. The summed E-state index contributed by atoms with van der Waals surface area (Å²) in [5.41, 5.74) is 3.94. The number of thiophene rings is 1. The van der Waals surface area contributed by atoms with E-state index in [9.17, 15) is 0 Å². The second-order valence-electron chi connectivity index (χ2n) is 11.7. The summed E-state index contributed by atoms with van der Waals surface area (Å²) in [7, 11) is 0. The largest absolute Gasteiger partial charge is 0.144 e. The van der Waals surface area contributed by atoms with Gasteiger partial charge in [-0.05, 0) is 44.9 Å². The Hall–Kier alpha value is -1.08. The Kier molecular flexibility index (Phi) is 9.91.